The van der Waals surface area contributed by atoms with Gasteiger partial charge in [-0.25, -0.2) is 4.98 Å². The van der Waals surface area contributed by atoms with Crippen LogP contribution in [0, 0.1) is 13.8 Å². The van der Waals surface area contributed by atoms with Crippen LogP contribution in [0.15, 0.2) is 36.5 Å². The second-order valence-electron chi connectivity index (χ2n) is 7.61. The molecular formula is C22H28N4O. The second kappa shape index (κ2) is 7.71. The van der Waals surface area contributed by atoms with E-state index in [4.69, 9.17) is 0 Å². The first-order valence-electron chi connectivity index (χ1n) is 9.77. The van der Waals surface area contributed by atoms with E-state index in [0.717, 1.165) is 38.3 Å². The molecule has 4 rings (SSSR count). The molecule has 1 aliphatic rings. The number of aliphatic hydroxyl groups excluding tert-OH is 1. The van der Waals surface area contributed by atoms with Crippen LogP contribution in [0.5, 0.6) is 0 Å². The molecule has 3 aromatic rings. The van der Waals surface area contributed by atoms with Crippen molar-refractivity contribution >= 4 is 16.7 Å². The van der Waals surface area contributed by atoms with Crippen molar-refractivity contribution in [2.75, 3.05) is 18.0 Å². The zero-order chi connectivity index (χ0) is 18.8. The molecule has 1 fully saturated rings. The van der Waals surface area contributed by atoms with Gasteiger partial charge in [-0.2, -0.15) is 0 Å². The van der Waals surface area contributed by atoms with Crippen molar-refractivity contribution in [3.05, 3.63) is 58.9 Å². The number of pyridine rings is 1. The number of aromatic nitrogens is 2. The van der Waals surface area contributed by atoms with Crippen molar-refractivity contribution in [3.8, 4) is 0 Å². The van der Waals surface area contributed by atoms with Crippen molar-refractivity contribution in [1.29, 1.82) is 0 Å². The maximum Gasteiger partial charge on any atom is 0.133 e. The quantitative estimate of drug-likeness (QED) is 0.649. The third-order valence-corrected chi connectivity index (χ3v) is 5.50. The van der Waals surface area contributed by atoms with Crippen LogP contribution in [0.3, 0.4) is 0 Å². The van der Waals surface area contributed by atoms with Gasteiger partial charge in [0.05, 0.1) is 6.10 Å². The van der Waals surface area contributed by atoms with Crippen LogP contribution in [0.2, 0.25) is 0 Å². The number of nitrogens with zero attached hydrogens (tertiary/aromatic N) is 2. The number of β-amino-alcohol motifs (C(OH)–C–C–N with tert-alkyl or cyclic N) is 1. The Hall–Kier alpha value is -2.37. The van der Waals surface area contributed by atoms with Crippen molar-refractivity contribution in [2.24, 2.45) is 0 Å². The summed E-state index contributed by atoms with van der Waals surface area (Å²) in [6.07, 6.45) is 3.48. The molecule has 142 valence electrons. The van der Waals surface area contributed by atoms with E-state index in [1.165, 1.54) is 33.3 Å². The number of aromatic amines is 1. The Morgan fingerprint density at radius 1 is 1.26 bits per heavy atom. The number of rotatable bonds is 5. The van der Waals surface area contributed by atoms with E-state index in [1.807, 2.05) is 12.3 Å². The Bertz CT molecular complexity index is 933. The van der Waals surface area contributed by atoms with Crippen LogP contribution in [0.25, 0.3) is 10.9 Å². The Labute approximate surface area is 160 Å². The Balaban J connectivity index is 1.46. The number of hydrogen-bond donors (Lipinski definition) is 3. The lowest BCUT2D eigenvalue weighted by molar-refractivity contribution is 0.154. The van der Waals surface area contributed by atoms with Gasteiger partial charge in [-0.15, -0.1) is 0 Å². The zero-order valence-corrected chi connectivity index (χ0v) is 16.1. The van der Waals surface area contributed by atoms with Crippen molar-refractivity contribution in [1.82, 2.24) is 15.3 Å². The minimum Gasteiger partial charge on any atom is -0.391 e. The first-order chi connectivity index (χ1) is 13.1. The van der Waals surface area contributed by atoms with Crippen LogP contribution in [0.4, 0.5) is 5.82 Å². The van der Waals surface area contributed by atoms with Crippen molar-refractivity contribution in [2.45, 2.75) is 45.9 Å². The molecule has 2 aromatic heterocycles. The summed E-state index contributed by atoms with van der Waals surface area (Å²) in [4.78, 5) is 10.3. The fraction of sp³-hybridized carbons (Fsp3) is 0.409. The number of fused-ring (bicyclic) bond motifs is 1. The molecule has 1 saturated heterocycles. The summed E-state index contributed by atoms with van der Waals surface area (Å²) in [5.41, 5.74) is 6.20. The van der Waals surface area contributed by atoms with E-state index >= 15 is 0 Å². The highest BCUT2D eigenvalue weighted by Gasteiger charge is 2.20. The SMILES string of the molecule is Cc1ccc2[nH]c(CNCc3cccnc3N3CCC[C@H](O)C3)c(C)c2c1. The minimum atomic E-state index is -0.251. The molecule has 0 amide bonds. The lowest BCUT2D eigenvalue weighted by Crippen LogP contribution is -2.39. The number of piperidine rings is 1. The summed E-state index contributed by atoms with van der Waals surface area (Å²) in [6.45, 7) is 7.48. The molecule has 5 heteroatoms. The van der Waals surface area contributed by atoms with Gasteiger partial charge in [-0.05, 0) is 50.5 Å². The van der Waals surface area contributed by atoms with Crippen molar-refractivity contribution < 1.29 is 5.11 Å². The maximum atomic E-state index is 9.99. The minimum absolute atomic E-state index is 0.251. The Morgan fingerprint density at radius 3 is 3.00 bits per heavy atom. The molecule has 0 aliphatic carbocycles. The summed E-state index contributed by atoms with van der Waals surface area (Å²) >= 11 is 0. The standard InChI is InChI=1S/C22H28N4O/c1-15-7-8-20-19(11-15)16(2)21(25-20)13-23-12-17-5-3-9-24-22(17)26-10-4-6-18(27)14-26/h3,5,7-9,11,18,23,25,27H,4,6,10,12-14H2,1-2H3/t18-/m0/s1. The van der Waals surface area contributed by atoms with E-state index < -0.39 is 0 Å². The van der Waals surface area contributed by atoms with E-state index in [0.29, 0.717) is 6.54 Å². The number of hydrogen-bond acceptors (Lipinski definition) is 4. The molecule has 27 heavy (non-hydrogen) atoms. The van der Waals surface area contributed by atoms with Crippen LogP contribution in [-0.4, -0.2) is 34.3 Å². The van der Waals surface area contributed by atoms with Gasteiger partial charge in [-0.1, -0.05) is 17.7 Å². The molecule has 3 N–H and O–H groups in total. The summed E-state index contributed by atoms with van der Waals surface area (Å²) < 4.78 is 0. The Kier molecular flexibility index (Phi) is 5.14. The fourth-order valence-electron chi connectivity index (χ4n) is 4.00. The third kappa shape index (κ3) is 3.84. The van der Waals surface area contributed by atoms with Gasteiger partial charge >= 0.3 is 0 Å². The van der Waals surface area contributed by atoms with Crippen LogP contribution in [0.1, 0.15) is 35.2 Å². The predicted octanol–water partition coefficient (Wildman–Crippen LogP) is 3.43. The normalized spacial score (nSPS) is 17.6. The van der Waals surface area contributed by atoms with Gasteiger partial charge in [-0.3, -0.25) is 0 Å². The summed E-state index contributed by atoms with van der Waals surface area (Å²) in [6, 6.07) is 10.6. The fourth-order valence-corrected chi connectivity index (χ4v) is 4.00. The topological polar surface area (TPSA) is 64.2 Å². The number of aliphatic hydroxyl groups is 1. The second-order valence-corrected chi connectivity index (χ2v) is 7.61. The van der Waals surface area contributed by atoms with Crippen LogP contribution < -0.4 is 10.2 Å². The van der Waals surface area contributed by atoms with Crippen LogP contribution in [-0.2, 0) is 13.1 Å². The number of benzene rings is 1. The molecule has 1 aromatic carbocycles. The molecule has 1 atom stereocenters. The zero-order valence-electron chi connectivity index (χ0n) is 16.1. The van der Waals surface area contributed by atoms with Crippen molar-refractivity contribution in [3.63, 3.8) is 0 Å². The highest BCUT2D eigenvalue weighted by Crippen LogP contribution is 2.24. The first-order valence-corrected chi connectivity index (χ1v) is 9.77. The molecule has 0 unspecified atom stereocenters. The summed E-state index contributed by atoms with van der Waals surface area (Å²) in [5, 5.41) is 14.9. The number of aryl methyl sites for hydroxylation is 2. The molecule has 0 spiro atoms. The lowest BCUT2D eigenvalue weighted by atomic mass is 10.1. The molecule has 0 saturated carbocycles. The number of anilines is 1. The van der Waals surface area contributed by atoms with Gasteiger partial charge in [0.25, 0.3) is 0 Å². The highest BCUT2D eigenvalue weighted by atomic mass is 16.3. The van der Waals surface area contributed by atoms with Crippen LogP contribution >= 0.6 is 0 Å². The molecular weight excluding hydrogens is 336 g/mol. The largest absolute Gasteiger partial charge is 0.391 e. The van der Waals surface area contributed by atoms with Gasteiger partial charge in [0, 0.05) is 54.5 Å². The average molecular weight is 364 g/mol. The predicted molar refractivity (Wildman–Crippen MR) is 110 cm³/mol. The van der Waals surface area contributed by atoms with Gasteiger partial charge in [0.15, 0.2) is 0 Å². The van der Waals surface area contributed by atoms with E-state index in [-0.39, 0.29) is 6.10 Å². The summed E-state index contributed by atoms with van der Waals surface area (Å²) in [5.74, 6) is 0.993. The van der Waals surface area contributed by atoms with Gasteiger partial charge < -0.3 is 20.3 Å². The number of nitrogens with one attached hydrogen (secondary N) is 2. The third-order valence-electron chi connectivity index (χ3n) is 5.50. The Morgan fingerprint density at radius 2 is 2.15 bits per heavy atom. The van der Waals surface area contributed by atoms with Gasteiger partial charge in [0.1, 0.15) is 5.82 Å². The first kappa shape index (κ1) is 18.0. The molecule has 1 aliphatic heterocycles. The van der Waals surface area contributed by atoms with Gasteiger partial charge in [0.2, 0.25) is 0 Å². The number of H-pyrrole nitrogens is 1. The molecule has 0 bridgehead atoms. The summed E-state index contributed by atoms with van der Waals surface area (Å²) in [7, 11) is 0. The van der Waals surface area contributed by atoms with E-state index in [2.05, 4.69) is 58.3 Å². The maximum absolute atomic E-state index is 9.99. The molecule has 0 radical (unpaired) electrons. The molecule has 3 heterocycles. The average Bonchev–Trinajstić information content (AvgIpc) is 2.98. The lowest BCUT2D eigenvalue weighted by Gasteiger charge is -2.32. The molecule has 5 nitrogen and oxygen atoms in total. The monoisotopic (exact) mass is 364 g/mol. The highest BCUT2D eigenvalue weighted by molar-refractivity contribution is 5.85. The smallest absolute Gasteiger partial charge is 0.133 e. The van der Waals surface area contributed by atoms with E-state index in [9.17, 15) is 5.11 Å². The van der Waals surface area contributed by atoms with E-state index in [1.54, 1.807) is 0 Å².